The van der Waals surface area contributed by atoms with E-state index in [4.69, 9.17) is 4.74 Å². The molecule has 11 heteroatoms. The summed E-state index contributed by atoms with van der Waals surface area (Å²) in [7, 11) is 1.63. The van der Waals surface area contributed by atoms with E-state index in [1.807, 2.05) is 30.2 Å². The van der Waals surface area contributed by atoms with Crippen LogP contribution in [0.4, 0.5) is 18.9 Å². The molecule has 8 nitrogen and oxygen atoms in total. The largest absolute Gasteiger partial charge is 0.496 e. The van der Waals surface area contributed by atoms with Crippen molar-refractivity contribution in [1.29, 1.82) is 0 Å². The van der Waals surface area contributed by atoms with Crippen LogP contribution in [0.1, 0.15) is 52.4 Å². The molecule has 216 valence electrons. The van der Waals surface area contributed by atoms with Crippen molar-refractivity contribution in [3.63, 3.8) is 0 Å². The highest BCUT2D eigenvalue weighted by Gasteiger charge is 2.34. The molecule has 40 heavy (non-hydrogen) atoms. The van der Waals surface area contributed by atoms with Crippen molar-refractivity contribution >= 4 is 22.6 Å². The van der Waals surface area contributed by atoms with Gasteiger partial charge in [0.05, 0.1) is 24.8 Å². The number of carboxylic acids is 1. The minimum absolute atomic E-state index is 0.0928. The molecule has 0 bridgehead atoms. The lowest BCUT2D eigenvalue weighted by Crippen LogP contribution is -2.48. The first-order chi connectivity index (χ1) is 19.1. The Labute approximate surface area is 230 Å². The highest BCUT2D eigenvalue weighted by Crippen LogP contribution is 2.37. The number of aromatic amines is 1. The fraction of sp³-hybridized carbons (Fsp3) is 0.483. The summed E-state index contributed by atoms with van der Waals surface area (Å²) in [5, 5.41) is 21.4. The number of fused-ring (bicyclic) bond motifs is 1. The van der Waals surface area contributed by atoms with Gasteiger partial charge in [0.1, 0.15) is 12.0 Å². The number of aliphatic hydroxyl groups excluding tert-OH is 1. The topological polar surface area (TPSA) is 92.3 Å². The van der Waals surface area contributed by atoms with Gasteiger partial charge in [-0.3, -0.25) is 9.80 Å². The first-order valence-electron chi connectivity index (χ1n) is 13.5. The third-order valence-electron chi connectivity index (χ3n) is 8.15. The second-order valence-electron chi connectivity index (χ2n) is 10.7. The number of aromatic nitrogens is 1. The number of nitrogens with zero attached hydrogens (tertiary/aromatic N) is 3. The SMILES string of the molecule is COc1cc(C)c2[nH]ccc2c1CN1CCN(CCC(F)(F)F)C[C@H]1c1ccc(C(=O)O)c(N2CCCC2O)c1. The van der Waals surface area contributed by atoms with Gasteiger partial charge in [-0.15, -0.1) is 0 Å². The van der Waals surface area contributed by atoms with Crippen LogP contribution in [-0.2, 0) is 6.54 Å². The third-order valence-corrected chi connectivity index (χ3v) is 8.15. The van der Waals surface area contributed by atoms with Crippen molar-refractivity contribution in [3.8, 4) is 5.75 Å². The fourth-order valence-corrected chi connectivity index (χ4v) is 6.06. The van der Waals surface area contributed by atoms with E-state index in [1.54, 1.807) is 30.2 Å². The number of aliphatic hydroxyl groups is 1. The first kappa shape index (κ1) is 28.3. The van der Waals surface area contributed by atoms with Crippen LogP contribution in [0.2, 0.25) is 0 Å². The summed E-state index contributed by atoms with van der Waals surface area (Å²) in [4.78, 5) is 21.1. The van der Waals surface area contributed by atoms with E-state index in [-0.39, 0.29) is 18.2 Å². The van der Waals surface area contributed by atoms with E-state index in [0.717, 1.165) is 39.8 Å². The maximum Gasteiger partial charge on any atom is 0.390 e. The van der Waals surface area contributed by atoms with Gasteiger partial charge in [-0.05, 0) is 55.2 Å². The van der Waals surface area contributed by atoms with Crippen molar-refractivity contribution in [3.05, 3.63) is 58.8 Å². The van der Waals surface area contributed by atoms with E-state index >= 15 is 0 Å². The van der Waals surface area contributed by atoms with Crippen LogP contribution < -0.4 is 9.64 Å². The zero-order chi connectivity index (χ0) is 28.6. The van der Waals surface area contributed by atoms with Gasteiger partial charge >= 0.3 is 12.1 Å². The lowest BCUT2D eigenvalue weighted by atomic mass is 9.97. The predicted octanol–water partition coefficient (Wildman–Crippen LogP) is 4.91. The van der Waals surface area contributed by atoms with Crippen molar-refractivity contribution in [2.24, 2.45) is 0 Å². The van der Waals surface area contributed by atoms with Crippen LogP contribution >= 0.6 is 0 Å². The van der Waals surface area contributed by atoms with Gasteiger partial charge in [0.2, 0.25) is 0 Å². The second kappa shape index (κ2) is 11.3. The fourth-order valence-electron chi connectivity index (χ4n) is 6.06. The zero-order valence-electron chi connectivity index (χ0n) is 22.7. The molecule has 2 aliphatic rings. The number of rotatable bonds is 8. The number of ether oxygens (including phenoxy) is 1. The van der Waals surface area contributed by atoms with Gasteiger partial charge in [-0.2, -0.15) is 13.2 Å². The number of halogens is 3. The third kappa shape index (κ3) is 5.77. The molecule has 2 fully saturated rings. The van der Waals surface area contributed by atoms with Crippen LogP contribution in [0, 0.1) is 6.92 Å². The summed E-state index contributed by atoms with van der Waals surface area (Å²) >= 11 is 0. The molecule has 0 saturated carbocycles. The summed E-state index contributed by atoms with van der Waals surface area (Å²) < 4.78 is 45.0. The van der Waals surface area contributed by atoms with E-state index in [9.17, 15) is 28.2 Å². The van der Waals surface area contributed by atoms with Crippen molar-refractivity contribution in [1.82, 2.24) is 14.8 Å². The van der Waals surface area contributed by atoms with Gasteiger partial charge in [-0.1, -0.05) is 6.07 Å². The van der Waals surface area contributed by atoms with E-state index in [0.29, 0.717) is 44.8 Å². The molecule has 0 spiro atoms. The number of carbonyl (C=O) groups is 1. The first-order valence-corrected chi connectivity index (χ1v) is 13.5. The molecule has 3 N–H and O–H groups in total. The molecule has 1 aromatic heterocycles. The van der Waals surface area contributed by atoms with Crippen LogP contribution in [0.3, 0.4) is 0 Å². The van der Waals surface area contributed by atoms with Crippen molar-refractivity contribution in [2.75, 3.05) is 44.7 Å². The molecule has 3 aromatic rings. The Hall–Kier alpha value is -3.28. The van der Waals surface area contributed by atoms with Gasteiger partial charge in [-0.25, -0.2) is 4.79 Å². The summed E-state index contributed by atoms with van der Waals surface area (Å²) in [5.74, 6) is -0.350. The van der Waals surface area contributed by atoms with E-state index in [2.05, 4.69) is 9.88 Å². The summed E-state index contributed by atoms with van der Waals surface area (Å²) in [5.41, 5.74) is 4.36. The second-order valence-corrected chi connectivity index (χ2v) is 10.7. The molecule has 0 radical (unpaired) electrons. The summed E-state index contributed by atoms with van der Waals surface area (Å²) in [6, 6.07) is 8.77. The Morgan fingerprint density at radius 2 is 1.98 bits per heavy atom. The Morgan fingerprint density at radius 1 is 1.18 bits per heavy atom. The molecule has 2 saturated heterocycles. The Bertz CT molecular complexity index is 1380. The van der Waals surface area contributed by atoms with Gasteiger partial charge in [0, 0.05) is 68.0 Å². The predicted molar refractivity (Wildman–Crippen MR) is 146 cm³/mol. The maximum absolute atomic E-state index is 13.1. The van der Waals surface area contributed by atoms with E-state index in [1.165, 1.54) is 0 Å². The van der Waals surface area contributed by atoms with Crippen LogP contribution in [-0.4, -0.2) is 83.2 Å². The number of hydrogen-bond donors (Lipinski definition) is 3. The standard InChI is InChI=1S/C29H35F3N4O4/c1-18-14-25(40-2)22(20-7-9-33-27(18)20)16-35-13-12-34(11-8-29(30,31)32)17-24(35)19-5-6-21(28(38)39)23(15-19)36-10-3-4-26(36)37/h5-7,9,14-15,24,26,33,37H,3-4,8,10-13,16-17H2,1-2H3,(H,38,39)/t24-,26?/m0/s1. The molecule has 0 amide bonds. The molecular weight excluding hydrogens is 525 g/mol. The molecule has 2 aromatic carbocycles. The molecular formula is C29H35F3N4O4. The number of hydrogen-bond acceptors (Lipinski definition) is 6. The Kier molecular flexibility index (Phi) is 7.98. The summed E-state index contributed by atoms with van der Waals surface area (Å²) in [6.45, 7) is 4.28. The number of aromatic carboxylic acids is 1. The number of alkyl halides is 3. The van der Waals surface area contributed by atoms with Gasteiger partial charge < -0.3 is 24.8 Å². The number of carboxylic acid groups (broad SMARTS) is 1. The van der Waals surface area contributed by atoms with E-state index < -0.39 is 24.8 Å². The smallest absolute Gasteiger partial charge is 0.390 e. The minimum atomic E-state index is -4.25. The lowest BCUT2D eigenvalue weighted by Gasteiger charge is -2.42. The van der Waals surface area contributed by atoms with Gasteiger partial charge in [0.15, 0.2) is 0 Å². The zero-order valence-corrected chi connectivity index (χ0v) is 22.7. The molecule has 2 atom stereocenters. The average Bonchev–Trinajstić information content (AvgIpc) is 3.58. The molecule has 5 rings (SSSR count). The lowest BCUT2D eigenvalue weighted by molar-refractivity contribution is -0.139. The minimum Gasteiger partial charge on any atom is -0.496 e. The summed E-state index contributed by atoms with van der Waals surface area (Å²) in [6.07, 6.45) is -2.75. The number of H-pyrrole nitrogens is 1. The van der Waals surface area contributed by atoms with Crippen LogP contribution in [0.25, 0.3) is 10.9 Å². The van der Waals surface area contributed by atoms with Crippen LogP contribution in [0.15, 0.2) is 36.5 Å². The molecule has 1 unspecified atom stereocenters. The Morgan fingerprint density at radius 3 is 2.65 bits per heavy atom. The van der Waals surface area contributed by atoms with Crippen molar-refractivity contribution < 1.29 is 32.9 Å². The highest BCUT2D eigenvalue weighted by atomic mass is 19.4. The maximum atomic E-state index is 13.1. The molecule has 3 heterocycles. The molecule has 0 aliphatic carbocycles. The quantitative estimate of drug-likeness (QED) is 0.361. The Balaban J connectivity index is 1.53. The highest BCUT2D eigenvalue weighted by molar-refractivity contribution is 5.95. The van der Waals surface area contributed by atoms with Crippen molar-refractivity contribution in [2.45, 2.75) is 51.2 Å². The monoisotopic (exact) mass is 560 g/mol. The number of aryl methyl sites for hydroxylation is 1. The molecule has 2 aliphatic heterocycles. The van der Waals surface area contributed by atoms with Gasteiger partial charge in [0.25, 0.3) is 0 Å². The van der Waals surface area contributed by atoms with Crippen LogP contribution in [0.5, 0.6) is 5.75 Å². The average molecular weight is 561 g/mol. The number of nitrogens with one attached hydrogen (secondary N) is 1. The number of benzene rings is 2. The number of methoxy groups -OCH3 is 1. The number of piperazine rings is 1. The number of anilines is 1. The normalized spacial score (nSPS) is 20.9.